The number of hydrogen-bond acceptors (Lipinski definition) is 2. The van der Waals surface area contributed by atoms with Gasteiger partial charge in [0.15, 0.2) is 0 Å². The van der Waals surface area contributed by atoms with Crippen LogP contribution >= 0.6 is 0 Å². The van der Waals surface area contributed by atoms with Crippen molar-refractivity contribution in [2.75, 3.05) is 5.32 Å². The Balaban J connectivity index is 1.64. The van der Waals surface area contributed by atoms with Gasteiger partial charge in [-0.05, 0) is 43.0 Å². The number of halogens is 1. The van der Waals surface area contributed by atoms with Crippen LogP contribution in [-0.2, 0) is 24.1 Å². The molecule has 1 heterocycles. The molecule has 0 saturated carbocycles. The molecule has 0 bridgehead atoms. The first-order chi connectivity index (χ1) is 12.2. The zero-order chi connectivity index (χ0) is 17.2. The van der Waals surface area contributed by atoms with Crippen LogP contribution in [0.4, 0.5) is 10.2 Å². The molecule has 0 unspecified atom stereocenters. The minimum absolute atomic E-state index is 0.00141. The van der Waals surface area contributed by atoms with Gasteiger partial charge in [-0.2, -0.15) is 5.10 Å². The third kappa shape index (κ3) is 3.05. The molecule has 0 saturated heterocycles. The first-order valence-electron chi connectivity index (χ1n) is 8.42. The number of para-hydroxylation sites is 1. The van der Waals surface area contributed by atoms with Crippen LogP contribution in [0, 0.1) is 5.82 Å². The van der Waals surface area contributed by atoms with Crippen LogP contribution in [0.1, 0.15) is 23.2 Å². The molecule has 5 heteroatoms. The smallest absolute Gasteiger partial charge is 0.230 e. The summed E-state index contributed by atoms with van der Waals surface area (Å²) in [6, 6.07) is 16.1. The number of anilines is 1. The molecule has 1 amide bonds. The summed E-state index contributed by atoms with van der Waals surface area (Å²) in [5.41, 5.74) is 3.41. The summed E-state index contributed by atoms with van der Waals surface area (Å²) in [7, 11) is 0. The Labute approximate surface area is 145 Å². The monoisotopic (exact) mass is 335 g/mol. The SMILES string of the molecule is O=C(Cc1ccccc1F)Nc1c2c(nn1-c1ccccc1)CCC2. The minimum Gasteiger partial charge on any atom is -0.310 e. The van der Waals surface area contributed by atoms with Gasteiger partial charge in [-0.1, -0.05) is 36.4 Å². The van der Waals surface area contributed by atoms with Crippen molar-refractivity contribution in [3.8, 4) is 5.69 Å². The van der Waals surface area contributed by atoms with Crippen LogP contribution in [0.3, 0.4) is 0 Å². The summed E-state index contributed by atoms with van der Waals surface area (Å²) in [6.45, 7) is 0. The lowest BCUT2D eigenvalue weighted by Gasteiger charge is -2.11. The summed E-state index contributed by atoms with van der Waals surface area (Å²) in [5.74, 6) is 0.108. The van der Waals surface area contributed by atoms with Crippen molar-refractivity contribution in [1.82, 2.24) is 9.78 Å². The van der Waals surface area contributed by atoms with Crippen LogP contribution < -0.4 is 5.32 Å². The van der Waals surface area contributed by atoms with Gasteiger partial charge in [0, 0.05) is 5.56 Å². The van der Waals surface area contributed by atoms with Gasteiger partial charge in [0.05, 0.1) is 17.8 Å². The number of carbonyl (C=O) groups excluding carboxylic acids is 1. The Morgan fingerprint density at radius 1 is 1.08 bits per heavy atom. The van der Waals surface area contributed by atoms with E-state index in [-0.39, 0.29) is 18.1 Å². The first kappa shape index (κ1) is 15.6. The third-order valence-corrected chi connectivity index (χ3v) is 4.47. The lowest BCUT2D eigenvalue weighted by molar-refractivity contribution is -0.115. The molecule has 1 N–H and O–H groups in total. The third-order valence-electron chi connectivity index (χ3n) is 4.47. The van der Waals surface area contributed by atoms with Crippen molar-refractivity contribution in [1.29, 1.82) is 0 Å². The van der Waals surface area contributed by atoms with Gasteiger partial charge in [0.1, 0.15) is 11.6 Å². The number of fused-ring (bicyclic) bond motifs is 1. The molecule has 0 radical (unpaired) electrons. The molecule has 1 aliphatic carbocycles. The largest absolute Gasteiger partial charge is 0.310 e. The van der Waals surface area contributed by atoms with Crippen molar-refractivity contribution in [2.45, 2.75) is 25.7 Å². The molecule has 1 aromatic heterocycles. The van der Waals surface area contributed by atoms with E-state index < -0.39 is 0 Å². The predicted molar refractivity (Wildman–Crippen MR) is 94.3 cm³/mol. The van der Waals surface area contributed by atoms with E-state index in [1.54, 1.807) is 22.9 Å². The van der Waals surface area contributed by atoms with E-state index in [0.29, 0.717) is 11.4 Å². The molecule has 4 nitrogen and oxygen atoms in total. The van der Waals surface area contributed by atoms with Gasteiger partial charge in [-0.25, -0.2) is 9.07 Å². The second-order valence-electron chi connectivity index (χ2n) is 6.19. The van der Waals surface area contributed by atoms with Crippen molar-refractivity contribution in [3.05, 3.63) is 77.2 Å². The lowest BCUT2D eigenvalue weighted by atomic mass is 10.1. The van der Waals surface area contributed by atoms with Gasteiger partial charge in [0.25, 0.3) is 0 Å². The van der Waals surface area contributed by atoms with Crippen LogP contribution in [0.2, 0.25) is 0 Å². The van der Waals surface area contributed by atoms with E-state index in [2.05, 4.69) is 10.4 Å². The Hall–Kier alpha value is -2.95. The van der Waals surface area contributed by atoms with Crippen molar-refractivity contribution >= 4 is 11.7 Å². The predicted octanol–water partition coefficient (Wildman–Crippen LogP) is 3.68. The Morgan fingerprint density at radius 3 is 2.64 bits per heavy atom. The molecule has 0 spiro atoms. The summed E-state index contributed by atoms with van der Waals surface area (Å²) in [6.07, 6.45) is 2.87. The quantitative estimate of drug-likeness (QED) is 0.790. The number of nitrogens with zero attached hydrogens (tertiary/aromatic N) is 2. The topological polar surface area (TPSA) is 46.9 Å². The normalized spacial score (nSPS) is 12.8. The van der Waals surface area contributed by atoms with Crippen molar-refractivity contribution < 1.29 is 9.18 Å². The second kappa shape index (κ2) is 6.51. The number of hydrogen-bond donors (Lipinski definition) is 1. The maximum atomic E-state index is 13.8. The first-order valence-corrected chi connectivity index (χ1v) is 8.42. The van der Waals surface area contributed by atoms with E-state index >= 15 is 0 Å². The van der Waals surface area contributed by atoms with Gasteiger partial charge in [-0.3, -0.25) is 4.79 Å². The fourth-order valence-corrected chi connectivity index (χ4v) is 3.27. The molecule has 0 fully saturated rings. The highest BCUT2D eigenvalue weighted by Gasteiger charge is 2.24. The molecule has 25 heavy (non-hydrogen) atoms. The highest BCUT2D eigenvalue weighted by molar-refractivity contribution is 5.92. The summed E-state index contributed by atoms with van der Waals surface area (Å²) in [5, 5.41) is 7.63. The lowest BCUT2D eigenvalue weighted by Crippen LogP contribution is -2.18. The number of aryl methyl sites for hydroxylation is 1. The number of aromatic nitrogens is 2. The van der Waals surface area contributed by atoms with E-state index in [4.69, 9.17) is 0 Å². The fourth-order valence-electron chi connectivity index (χ4n) is 3.27. The fraction of sp³-hybridized carbons (Fsp3) is 0.200. The molecule has 0 aliphatic heterocycles. The zero-order valence-corrected chi connectivity index (χ0v) is 13.7. The molecule has 0 atom stereocenters. The Bertz CT molecular complexity index is 918. The zero-order valence-electron chi connectivity index (χ0n) is 13.7. The van der Waals surface area contributed by atoms with Crippen LogP contribution in [0.5, 0.6) is 0 Å². The highest BCUT2D eigenvalue weighted by atomic mass is 19.1. The Morgan fingerprint density at radius 2 is 1.84 bits per heavy atom. The molecular formula is C20H18FN3O. The molecule has 3 aromatic rings. The van der Waals surface area contributed by atoms with E-state index in [9.17, 15) is 9.18 Å². The van der Waals surface area contributed by atoms with E-state index in [1.165, 1.54) is 6.07 Å². The molecule has 126 valence electrons. The average molecular weight is 335 g/mol. The molecule has 2 aromatic carbocycles. The van der Waals surface area contributed by atoms with E-state index in [0.717, 1.165) is 36.2 Å². The maximum Gasteiger partial charge on any atom is 0.230 e. The minimum atomic E-state index is -0.362. The number of carbonyl (C=O) groups is 1. The number of rotatable bonds is 4. The van der Waals surface area contributed by atoms with Crippen molar-refractivity contribution in [2.24, 2.45) is 0 Å². The van der Waals surface area contributed by atoms with Crippen molar-refractivity contribution in [3.63, 3.8) is 0 Å². The molecular weight excluding hydrogens is 317 g/mol. The summed E-state index contributed by atoms with van der Waals surface area (Å²) >= 11 is 0. The number of amides is 1. The molecule has 1 aliphatic rings. The number of benzene rings is 2. The van der Waals surface area contributed by atoms with Crippen LogP contribution in [-0.4, -0.2) is 15.7 Å². The van der Waals surface area contributed by atoms with Gasteiger partial charge >= 0.3 is 0 Å². The van der Waals surface area contributed by atoms with Gasteiger partial charge in [0.2, 0.25) is 5.91 Å². The second-order valence-corrected chi connectivity index (χ2v) is 6.19. The van der Waals surface area contributed by atoms with Gasteiger partial charge < -0.3 is 5.32 Å². The Kier molecular flexibility index (Phi) is 4.06. The molecule has 4 rings (SSSR count). The number of nitrogens with one attached hydrogen (secondary N) is 1. The average Bonchev–Trinajstić information content (AvgIpc) is 3.20. The maximum absolute atomic E-state index is 13.8. The summed E-state index contributed by atoms with van der Waals surface area (Å²) in [4.78, 5) is 12.5. The van der Waals surface area contributed by atoms with Crippen LogP contribution in [0.15, 0.2) is 54.6 Å². The summed E-state index contributed by atoms with van der Waals surface area (Å²) < 4.78 is 15.6. The standard InChI is InChI=1S/C20H18FN3O/c21-17-11-5-4-7-14(17)13-19(25)22-20-16-10-6-12-18(16)23-24(20)15-8-2-1-3-9-15/h1-5,7-9,11H,6,10,12-13H2,(H,22,25). The highest BCUT2D eigenvalue weighted by Crippen LogP contribution is 2.31. The van der Waals surface area contributed by atoms with E-state index in [1.807, 2.05) is 30.3 Å². The van der Waals surface area contributed by atoms with Gasteiger partial charge in [-0.15, -0.1) is 0 Å². The van der Waals surface area contributed by atoms with Crippen LogP contribution in [0.25, 0.3) is 5.69 Å².